The van der Waals surface area contributed by atoms with E-state index in [9.17, 15) is 40.9 Å². The van der Waals surface area contributed by atoms with Gasteiger partial charge in [-0.1, -0.05) is 0 Å². The highest BCUT2D eigenvalue weighted by atomic mass is 16.5. The lowest BCUT2D eigenvalue weighted by atomic mass is 9.93. The molecule has 10 heteroatoms. The van der Waals surface area contributed by atoms with Crippen molar-refractivity contribution in [3.63, 3.8) is 0 Å². The topological polar surface area (TPSA) is 180 Å². The van der Waals surface area contributed by atoms with Gasteiger partial charge in [0.1, 0.15) is 29.1 Å². The van der Waals surface area contributed by atoms with E-state index >= 15 is 0 Å². The van der Waals surface area contributed by atoms with Gasteiger partial charge in [-0.15, -0.1) is 0 Å². The third kappa shape index (κ3) is 3.54. The second-order valence-corrected chi connectivity index (χ2v) is 7.06. The Kier molecular flexibility index (Phi) is 4.61. The maximum absolute atomic E-state index is 10.2. The summed E-state index contributed by atoms with van der Waals surface area (Å²) in [6.07, 6.45) is -1.93. The molecule has 0 unspecified atom stereocenters. The van der Waals surface area contributed by atoms with E-state index in [0.717, 1.165) is 30.3 Å². The molecular weight excluding hydrogens is 412 g/mol. The Bertz CT molecular complexity index is 1130. The van der Waals surface area contributed by atoms with Crippen LogP contribution in [-0.2, 0) is 6.42 Å². The highest BCUT2D eigenvalue weighted by Crippen LogP contribution is 2.46. The maximum atomic E-state index is 10.2. The van der Waals surface area contributed by atoms with Gasteiger partial charge in [0.15, 0.2) is 34.9 Å². The van der Waals surface area contributed by atoms with Gasteiger partial charge in [0, 0.05) is 41.8 Å². The first kappa shape index (κ1) is 20.0. The number of phenols is 8. The molecule has 0 aliphatic carbocycles. The summed E-state index contributed by atoms with van der Waals surface area (Å²) in [5.41, 5.74) is 0.497. The highest BCUT2D eigenvalue weighted by molar-refractivity contribution is 5.56. The third-order valence-electron chi connectivity index (χ3n) is 4.92. The average Bonchev–Trinajstić information content (AvgIpc) is 2.69. The number of fused-ring (bicyclic) bond motifs is 1. The van der Waals surface area contributed by atoms with Crippen LogP contribution >= 0.6 is 0 Å². The third-order valence-corrected chi connectivity index (χ3v) is 4.92. The summed E-state index contributed by atoms with van der Waals surface area (Å²) in [4.78, 5) is 0. The van der Waals surface area contributed by atoms with Crippen molar-refractivity contribution in [1.29, 1.82) is 0 Å². The molecule has 0 saturated carbocycles. The first-order valence-electron chi connectivity index (χ1n) is 9.02. The number of benzene rings is 3. The molecule has 31 heavy (non-hydrogen) atoms. The van der Waals surface area contributed by atoms with Gasteiger partial charge in [-0.3, -0.25) is 0 Å². The Morgan fingerprint density at radius 2 is 1.23 bits per heavy atom. The molecular formula is C21H18O10. The molecule has 4 rings (SSSR count). The minimum absolute atomic E-state index is 0.0247. The summed E-state index contributed by atoms with van der Waals surface area (Å²) < 4.78 is 11.7. The van der Waals surface area contributed by atoms with E-state index in [2.05, 4.69) is 0 Å². The summed E-state index contributed by atoms with van der Waals surface area (Å²) in [7, 11) is 0. The lowest BCUT2D eigenvalue weighted by Gasteiger charge is -2.34. The fraction of sp³-hybridized carbons (Fsp3) is 0.143. The largest absolute Gasteiger partial charge is 0.508 e. The number of phenolic OH excluding ortho intramolecular Hbond substituents is 8. The van der Waals surface area contributed by atoms with Crippen LogP contribution in [0.1, 0.15) is 17.2 Å². The first-order chi connectivity index (χ1) is 14.6. The van der Waals surface area contributed by atoms with Gasteiger partial charge in [0.2, 0.25) is 5.75 Å². The van der Waals surface area contributed by atoms with E-state index in [1.54, 1.807) is 0 Å². The number of rotatable bonds is 3. The van der Waals surface area contributed by atoms with Gasteiger partial charge in [0.25, 0.3) is 0 Å². The average molecular weight is 430 g/mol. The maximum Gasteiger partial charge on any atom is 0.200 e. The van der Waals surface area contributed by atoms with Crippen LogP contribution in [0, 0.1) is 0 Å². The minimum Gasteiger partial charge on any atom is -0.508 e. The molecule has 10 nitrogen and oxygen atoms in total. The quantitative estimate of drug-likeness (QED) is 0.288. The molecule has 0 fully saturated rings. The van der Waals surface area contributed by atoms with Gasteiger partial charge in [0.05, 0.1) is 0 Å². The molecule has 0 spiro atoms. The Hall–Kier alpha value is -4.34. The second-order valence-electron chi connectivity index (χ2n) is 7.06. The summed E-state index contributed by atoms with van der Waals surface area (Å²) in [5.74, 6) is -4.34. The van der Waals surface area contributed by atoms with Crippen molar-refractivity contribution in [2.24, 2.45) is 0 Å². The number of ether oxygens (including phenoxy) is 2. The molecule has 1 heterocycles. The molecule has 1 aliphatic rings. The standard InChI is InChI=1S/C21H18O10/c22-9-3-12(23)11-7-18(30-10-5-15(26)20(29)16(27)6-10)21(31-17(11)4-9)8-1-13(24)19(28)14(25)2-8/h1-6,18,21-29H,7H2/t18-,21-/m1/s1. The predicted octanol–water partition coefficient (Wildman–Crippen LogP) is 2.46. The molecule has 0 radical (unpaired) electrons. The monoisotopic (exact) mass is 430 g/mol. The Balaban J connectivity index is 1.79. The molecule has 0 saturated heterocycles. The van der Waals surface area contributed by atoms with E-state index in [4.69, 9.17) is 9.47 Å². The Labute approximate surface area is 174 Å². The second kappa shape index (κ2) is 7.17. The zero-order chi connectivity index (χ0) is 22.4. The molecule has 8 N–H and O–H groups in total. The molecule has 2 atom stereocenters. The Morgan fingerprint density at radius 3 is 1.81 bits per heavy atom. The van der Waals surface area contributed by atoms with Crippen LogP contribution in [0.4, 0.5) is 0 Å². The molecule has 3 aromatic rings. The van der Waals surface area contributed by atoms with E-state index in [1.807, 2.05) is 0 Å². The van der Waals surface area contributed by atoms with Crippen LogP contribution in [0.5, 0.6) is 57.5 Å². The minimum atomic E-state index is -1.02. The molecule has 0 amide bonds. The number of hydrogen-bond acceptors (Lipinski definition) is 10. The summed E-state index contributed by atoms with van der Waals surface area (Å²) in [6.45, 7) is 0. The predicted molar refractivity (Wildman–Crippen MR) is 104 cm³/mol. The van der Waals surface area contributed by atoms with Crippen LogP contribution in [0.15, 0.2) is 36.4 Å². The SMILES string of the molecule is Oc1cc(O)c2c(c1)O[C@H](c1cc(O)c(O)c(O)c1)[C@H](Oc1cc(O)c(O)c(O)c1)C2. The van der Waals surface area contributed by atoms with Crippen molar-refractivity contribution in [2.75, 3.05) is 0 Å². The molecule has 162 valence electrons. The van der Waals surface area contributed by atoms with Gasteiger partial charge >= 0.3 is 0 Å². The van der Waals surface area contributed by atoms with Crippen molar-refractivity contribution < 1.29 is 50.3 Å². The van der Waals surface area contributed by atoms with E-state index in [0.29, 0.717) is 5.56 Å². The summed E-state index contributed by atoms with van der Waals surface area (Å²) in [5, 5.41) is 78.4. The molecule has 1 aliphatic heterocycles. The Morgan fingerprint density at radius 1 is 0.677 bits per heavy atom. The first-order valence-corrected chi connectivity index (χ1v) is 9.02. The van der Waals surface area contributed by atoms with E-state index in [-0.39, 0.29) is 35.0 Å². The van der Waals surface area contributed by atoms with Crippen molar-refractivity contribution in [3.05, 3.63) is 47.5 Å². The van der Waals surface area contributed by atoms with Crippen molar-refractivity contribution in [3.8, 4) is 57.5 Å². The van der Waals surface area contributed by atoms with Crippen LogP contribution in [0.25, 0.3) is 0 Å². The zero-order valence-electron chi connectivity index (χ0n) is 15.7. The van der Waals surface area contributed by atoms with Crippen molar-refractivity contribution >= 4 is 0 Å². The van der Waals surface area contributed by atoms with E-state index in [1.165, 1.54) is 6.07 Å². The fourth-order valence-corrected chi connectivity index (χ4v) is 3.45. The van der Waals surface area contributed by atoms with Crippen molar-refractivity contribution in [2.45, 2.75) is 18.6 Å². The van der Waals surface area contributed by atoms with Crippen LogP contribution in [0.2, 0.25) is 0 Å². The summed E-state index contributed by atoms with van der Waals surface area (Å²) in [6, 6.07) is 6.81. The molecule has 3 aromatic carbocycles. The normalized spacial score (nSPS) is 17.5. The smallest absolute Gasteiger partial charge is 0.200 e. The molecule has 0 aromatic heterocycles. The zero-order valence-corrected chi connectivity index (χ0v) is 15.7. The van der Waals surface area contributed by atoms with Crippen molar-refractivity contribution in [1.82, 2.24) is 0 Å². The van der Waals surface area contributed by atoms with Gasteiger partial charge < -0.3 is 50.3 Å². The lowest BCUT2D eigenvalue weighted by Crippen LogP contribution is -2.35. The van der Waals surface area contributed by atoms with Crippen LogP contribution in [-0.4, -0.2) is 47.0 Å². The lowest BCUT2D eigenvalue weighted by molar-refractivity contribution is 0.0361. The van der Waals surface area contributed by atoms with Crippen LogP contribution < -0.4 is 9.47 Å². The van der Waals surface area contributed by atoms with Crippen LogP contribution in [0.3, 0.4) is 0 Å². The number of aromatic hydroxyl groups is 8. The van der Waals surface area contributed by atoms with Gasteiger partial charge in [-0.05, 0) is 12.1 Å². The van der Waals surface area contributed by atoms with E-state index < -0.39 is 46.7 Å². The van der Waals surface area contributed by atoms with Gasteiger partial charge in [-0.25, -0.2) is 0 Å². The number of hydrogen-bond donors (Lipinski definition) is 8. The highest BCUT2D eigenvalue weighted by Gasteiger charge is 2.36. The molecule has 0 bridgehead atoms. The van der Waals surface area contributed by atoms with Gasteiger partial charge in [-0.2, -0.15) is 0 Å². The summed E-state index contributed by atoms with van der Waals surface area (Å²) >= 11 is 0. The fourth-order valence-electron chi connectivity index (χ4n) is 3.45.